The molecule has 19 heteroatoms. The second-order valence-corrected chi connectivity index (χ2v) is 18.5. The number of rotatable bonds is 37. The first kappa shape index (κ1) is 61.2. The van der Waals surface area contributed by atoms with Gasteiger partial charge in [-0.05, 0) is 83.5 Å². The van der Waals surface area contributed by atoms with Crippen LogP contribution in [-0.2, 0) is 41.8 Å². The largest absolute Gasteiger partial charge is 0.472 e. The van der Waals surface area contributed by atoms with Crippen molar-refractivity contribution in [3.8, 4) is 0 Å². The summed E-state index contributed by atoms with van der Waals surface area (Å²) < 4.78 is 49.2. The molecule has 1 fully saturated rings. The minimum atomic E-state index is -5.38. The molecule has 0 aliphatic heterocycles. The van der Waals surface area contributed by atoms with Gasteiger partial charge in [-0.3, -0.25) is 23.2 Å². The number of phosphoric ester groups is 2. The monoisotopic (exact) mass is 976 g/mol. The maximum absolute atomic E-state index is 13.0. The van der Waals surface area contributed by atoms with Gasteiger partial charge in [0.1, 0.15) is 43.2 Å². The molecule has 8 N–H and O–H groups in total. The molecule has 0 aromatic heterocycles. The average molecular weight is 977 g/mol. The Morgan fingerprint density at radius 3 is 1.61 bits per heavy atom. The van der Waals surface area contributed by atoms with Crippen molar-refractivity contribution in [1.29, 1.82) is 0 Å². The van der Waals surface area contributed by atoms with E-state index in [1.54, 1.807) is 0 Å². The van der Waals surface area contributed by atoms with E-state index in [9.17, 15) is 49.1 Å². The lowest BCUT2D eigenvalue weighted by Gasteiger charge is -2.43. The van der Waals surface area contributed by atoms with Crippen LogP contribution in [0.5, 0.6) is 0 Å². The van der Waals surface area contributed by atoms with Gasteiger partial charge in [-0.1, -0.05) is 125 Å². The van der Waals surface area contributed by atoms with Crippen LogP contribution in [0.25, 0.3) is 0 Å². The number of carbonyl (C=O) groups is 2. The molecule has 0 amide bonds. The van der Waals surface area contributed by atoms with E-state index in [-0.39, 0.29) is 18.9 Å². The third-order valence-corrected chi connectivity index (χ3v) is 11.5. The highest BCUT2D eigenvalue weighted by atomic mass is 31.2. The highest BCUT2D eigenvalue weighted by molar-refractivity contribution is 7.47. The predicted octanol–water partition coefficient (Wildman–Crippen LogP) is 7.58. The van der Waals surface area contributed by atoms with E-state index < -0.39 is 83.5 Å². The number of aliphatic hydroxyl groups excluding tert-OH is 5. The molecule has 0 radical (unpaired) electrons. The first-order chi connectivity index (χ1) is 31.5. The number of hydrogen-bond acceptors (Lipinski definition) is 14. The first-order valence-corrected chi connectivity index (χ1v) is 26.2. The summed E-state index contributed by atoms with van der Waals surface area (Å²) in [4.78, 5) is 54.2. The van der Waals surface area contributed by atoms with Crippen LogP contribution in [0.4, 0.5) is 0 Å². The normalized spacial score (nSPS) is 22.8. The highest BCUT2D eigenvalue weighted by Crippen LogP contribution is 2.49. The van der Waals surface area contributed by atoms with Crippen molar-refractivity contribution < 1.29 is 82.0 Å². The van der Waals surface area contributed by atoms with E-state index >= 15 is 0 Å². The second-order valence-electron chi connectivity index (χ2n) is 15.9. The molecule has 0 bridgehead atoms. The molecule has 0 heterocycles. The van der Waals surface area contributed by atoms with E-state index in [1.165, 1.54) is 0 Å². The van der Waals surface area contributed by atoms with E-state index in [0.29, 0.717) is 25.7 Å². The number of allylic oxidation sites excluding steroid dienone is 13. The summed E-state index contributed by atoms with van der Waals surface area (Å²) in [5.74, 6) is -1.32. The molecule has 0 aromatic carbocycles. The molecule has 378 valence electrons. The smallest absolute Gasteiger partial charge is 0.462 e. The fraction of sp³-hybridized carbons (Fsp3) is 0.660. The number of unbranched alkanes of at least 4 members (excludes halogenated alkanes) is 6. The Balaban J connectivity index is 2.66. The van der Waals surface area contributed by atoms with Gasteiger partial charge in [-0.15, -0.1) is 0 Å². The van der Waals surface area contributed by atoms with Gasteiger partial charge in [0.25, 0.3) is 0 Å². The van der Waals surface area contributed by atoms with Crippen LogP contribution < -0.4 is 0 Å². The van der Waals surface area contributed by atoms with Crippen LogP contribution in [0.15, 0.2) is 85.1 Å². The summed E-state index contributed by atoms with van der Waals surface area (Å²) in [7, 11) is -10.7. The van der Waals surface area contributed by atoms with Crippen molar-refractivity contribution in [2.75, 3.05) is 13.2 Å². The fourth-order valence-electron chi connectivity index (χ4n) is 6.46. The van der Waals surface area contributed by atoms with Gasteiger partial charge in [0.05, 0.1) is 12.7 Å². The molecule has 66 heavy (non-hydrogen) atoms. The third-order valence-electron chi connectivity index (χ3n) is 10.0. The standard InChI is InChI=1S/C47H78O17P2/c1-3-5-6-7-8-9-10-11-12-15-19-22-25-28-31-35-41(50)62-39(37-61-66(58,59)64-47-44(53)42(51)43(52)46(45(47)54)63-65(55,56)57)36-60-40(49)34-30-27-24-21-18-16-13-14-17-20-23-26-29-33-38(48)32-4-2/h5-6,8-9,11-13,16-17,20-21,24,26,29,38-39,42-48,51-54H,3-4,7,10,14-15,18-19,22-23,25,27-28,30-37H2,1-2H3,(H,58,59)(H2,55,56,57)/b6-5-,9-8-,12-11-,16-13-,20-17-,24-21-,29-26-/t38?,39-,42?,43?,44?,45?,46-,47+/m1/s1. The maximum atomic E-state index is 13.0. The third kappa shape index (κ3) is 31.2. The number of ether oxygens (including phenoxy) is 2. The van der Waals surface area contributed by atoms with Crippen molar-refractivity contribution in [3.63, 3.8) is 0 Å². The Kier molecular flexibility index (Phi) is 34.4. The molecule has 17 nitrogen and oxygen atoms in total. The van der Waals surface area contributed by atoms with E-state index in [4.69, 9.17) is 28.3 Å². The zero-order chi connectivity index (χ0) is 49.1. The number of esters is 2. The summed E-state index contributed by atoms with van der Waals surface area (Å²) in [6.45, 7) is 2.72. The lowest BCUT2D eigenvalue weighted by Crippen LogP contribution is -2.64. The summed E-state index contributed by atoms with van der Waals surface area (Å²) >= 11 is 0. The molecule has 0 aromatic rings. The van der Waals surface area contributed by atoms with Crippen LogP contribution >= 0.6 is 15.6 Å². The van der Waals surface area contributed by atoms with Gasteiger partial charge in [0.15, 0.2) is 6.10 Å². The van der Waals surface area contributed by atoms with E-state index in [1.807, 2.05) is 37.3 Å². The van der Waals surface area contributed by atoms with Crippen LogP contribution in [0.2, 0.25) is 0 Å². The lowest BCUT2D eigenvalue weighted by atomic mass is 9.85. The Bertz CT molecular complexity index is 1620. The van der Waals surface area contributed by atoms with Crippen LogP contribution in [0, 0.1) is 0 Å². The summed E-state index contributed by atoms with van der Waals surface area (Å²) in [6.07, 6.45) is 27.5. The van der Waals surface area contributed by atoms with Gasteiger partial charge in [0.2, 0.25) is 0 Å². The summed E-state index contributed by atoms with van der Waals surface area (Å²) in [6, 6.07) is 0. The van der Waals surface area contributed by atoms with Gasteiger partial charge in [-0.25, -0.2) is 9.13 Å². The molecular weight excluding hydrogens is 898 g/mol. The topological polar surface area (TPSA) is 276 Å². The van der Waals surface area contributed by atoms with Gasteiger partial charge in [0, 0.05) is 12.8 Å². The lowest BCUT2D eigenvalue weighted by molar-refractivity contribution is -0.216. The number of aliphatic hydroxyl groups is 5. The predicted molar refractivity (Wildman–Crippen MR) is 251 cm³/mol. The maximum Gasteiger partial charge on any atom is 0.472 e. The quantitative estimate of drug-likeness (QED) is 0.0129. The first-order valence-electron chi connectivity index (χ1n) is 23.2. The molecule has 1 aliphatic carbocycles. The van der Waals surface area contributed by atoms with E-state index in [0.717, 1.165) is 83.5 Å². The van der Waals surface area contributed by atoms with E-state index in [2.05, 4.69) is 66.1 Å². The van der Waals surface area contributed by atoms with Crippen molar-refractivity contribution in [3.05, 3.63) is 85.1 Å². The van der Waals surface area contributed by atoms with Crippen molar-refractivity contribution >= 4 is 27.6 Å². The molecule has 1 rings (SSSR count). The van der Waals surface area contributed by atoms with Crippen LogP contribution in [0.1, 0.15) is 136 Å². The minimum absolute atomic E-state index is 0.000560. The van der Waals surface area contributed by atoms with Crippen molar-refractivity contribution in [2.45, 2.75) is 185 Å². The average Bonchev–Trinajstić information content (AvgIpc) is 3.26. The SMILES string of the molecule is CC/C=C\C/C=C\C/C=C\CCCCCCCC(=O)O[C@H](COC(=O)CCC/C=C\C/C=C\C/C=C\C/C=C\CC(O)CCC)COP(=O)(O)O[C@H]1C(O)C(O)C(O)[C@@H](OP(=O)(O)O)C1O. The molecule has 1 saturated carbocycles. The van der Waals surface area contributed by atoms with Crippen LogP contribution in [-0.4, -0.2) is 114 Å². The molecule has 1 aliphatic rings. The Morgan fingerprint density at radius 2 is 1.05 bits per heavy atom. The zero-order valence-corrected chi connectivity index (χ0v) is 40.5. The summed E-state index contributed by atoms with van der Waals surface area (Å²) in [5.41, 5.74) is 0. The van der Waals surface area contributed by atoms with Crippen molar-refractivity contribution in [1.82, 2.24) is 0 Å². The molecule has 9 atom stereocenters. The van der Waals surface area contributed by atoms with Gasteiger partial charge < -0.3 is 49.7 Å². The number of hydrogen-bond donors (Lipinski definition) is 8. The summed E-state index contributed by atoms with van der Waals surface area (Å²) in [5, 5.41) is 51.0. The Morgan fingerprint density at radius 1 is 0.561 bits per heavy atom. The Labute approximate surface area is 391 Å². The van der Waals surface area contributed by atoms with Gasteiger partial charge in [-0.2, -0.15) is 0 Å². The fourth-order valence-corrected chi connectivity index (χ4v) is 8.00. The minimum Gasteiger partial charge on any atom is -0.462 e. The van der Waals surface area contributed by atoms with Gasteiger partial charge >= 0.3 is 27.6 Å². The highest BCUT2D eigenvalue weighted by Gasteiger charge is 2.54. The Hall–Kier alpha value is -2.86. The molecule has 0 spiro atoms. The second kappa shape index (κ2) is 37.1. The number of phosphoric acid groups is 2. The zero-order valence-electron chi connectivity index (χ0n) is 38.7. The molecule has 6 unspecified atom stereocenters. The molecular formula is C47H78O17P2. The van der Waals surface area contributed by atoms with Crippen LogP contribution in [0.3, 0.4) is 0 Å². The number of carbonyl (C=O) groups excluding carboxylic acids is 2. The molecule has 0 saturated heterocycles. The van der Waals surface area contributed by atoms with Crippen molar-refractivity contribution in [2.24, 2.45) is 0 Å².